The number of nitrogens with zero attached hydrogens (tertiary/aromatic N) is 3. The summed E-state index contributed by atoms with van der Waals surface area (Å²) in [6.45, 7) is 2.03. The average molecular weight is 436 g/mol. The lowest BCUT2D eigenvalue weighted by Gasteiger charge is -2.00. The van der Waals surface area contributed by atoms with E-state index in [0.29, 0.717) is 23.3 Å². The second-order valence-electron chi connectivity index (χ2n) is 6.75. The van der Waals surface area contributed by atoms with Crippen molar-refractivity contribution in [2.45, 2.75) is 19.8 Å². The number of carbonyl (C=O) groups is 1. The molecule has 0 fully saturated rings. The summed E-state index contributed by atoms with van der Waals surface area (Å²) in [5, 5.41) is 12.4. The molecule has 0 aliphatic rings. The van der Waals surface area contributed by atoms with Crippen molar-refractivity contribution in [3.63, 3.8) is 0 Å². The lowest BCUT2D eigenvalue weighted by atomic mass is 10.1. The van der Waals surface area contributed by atoms with Crippen molar-refractivity contribution in [1.29, 1.82) is 0 Å². The van der Waals surface area contributed by atoms with Crippen molar-refractivity contribution in [3.8, 4) is 22.0 Å². The van der Waals surface area contributed by atoms with Crippen LogP contribution in [0.2, 0.25) is 0 Å². The average Bonchev–Trinajstić information content (AvgIpc) is 3.51. The molecule has 4 aromatic heterocycles. The van der Waals surface area contributed by atoms with Crippen LogP contribution in [0.3, 0.4) is 0 Å². The Morgan fingerprint density at radius 1 is 1.17 bits per heavy atom. The first-order chi connectivity index (χ1) is 14.7. The van der Waals surface area contributed by atoms with E-state index in [0.717, 1.165) is 32.7 Å². The van der Waals surface area contributed by atoms with Crippen LogP contribution in [0, 0.1) is 6.92 Å². The van der Waals surface area contributed by atoms with Gasteiger partial charge in [0.05, 0.1) is 10.6 Å². The number of nitrogens with one attached hydrogen (secondary N) is 2. The highest BCUT2D eigenvalue weighted by Gasteiger charge is 2.15. The SMILES string of the molecule is Cc1[nH]c2ccccc2c1-c1csc(NC(=O)CCc2nc(-c3cccs3)no2)n1. The fourth-order valence-electron chi connectivity index (χ4n) is 3.32. The monoisotopic (exact) mass is 435 g/mol. The number of aromatic nitrogens is 4. The molecule has 4 heterocycles. The Kier molecular flexibility index (Phi) is 4.89. The van der Waals surface area contributed by atoms with Gasteiger partial charge in [0, 0.05) is 40.4 Å². The highest BCUT2D eigenvalue weighted by atomic mass is 32.1. The molecule has 5 rings (SSSR count). The van der Waals surface area contributed by atoms with Crippen LogP contribution in [0.1, 0.15) is 18.0 Å². The van der Waals surface area contributed by atoms with Gasteiger partial charge in [-0.2, -0.15) is 4.98 Å². The van der Waals surface area contributed by atoms with Gasteiger partial charge in [-0.1, -0.05) is 29.4 Å². The number of anilines is 1. The number of carbonyl (C=O) groups excluding carboxylic acids is 1. The largest absolute Gasteiger partial charge is 0.358 e. The molecule has 5 aromatic rings. The van der Waals surface area contributed by atoms with Crippen molar-refractivity contribution < 1.29 is 9.32 Å². The number of thiophene rings is 1. The minimum absolute atomic E-state index is 0.137. The van der Waals surface area contributed by atoms with Crippen LogP contribution in [-0.4, -0.2) is 26.0 Å². The fourth-order valence-corrected chi connectivity index (χ4v) is 4.68. The number of thiazole rings is 1. The van der Waals surface area contributed by atoms with Gasteiger partial charge in [-0.25, -0.2) is 4.98 Å². The van der Waals surface area contributed by atoms with Crippen molar-refractivity contribution in [1.82, 2.24) is 20.1 Å². The summed E-state index contributed by atoms with van der Waals surface area (Å²) < 4.78 is 5.25. The van der Waals surface area contributed by atoms with E-state index in [1.54, 1.807) is 11.3 Å². The van der Waals surface area contributed by atoms with Gasteiger partial charge in [-0.15, -0.1) is 22.7 Å². The first-order valence-corrected chi connectivity index (χ1v) is 11.1. The molecule has 30 heavy (non-hydrogen) atoms. The minimum Gasteiger partial charge on any atom is -0.358 e. The predicted octanol–water partition coefficient (Wildman–Crippen LogP) is 5.28. The van der Waals surface area contributed by atoms with Crippen LogP contribution in [0.25, 0.3) is 32.9 Å². The molecule has 0 unspecified atom stereocenters. The molecule has 0 aliphatic carbocycles. The molecule has 1 amide bonds. The third kappa shape index (κ3) is 3.64. The van der Waals surface area contributed by atoms with E-state index in [2.05, 4.69) is 31.5 Å². The van der Waals surface area contributed by atoms with Crippen LogP contribution >= 0.6 is 22.7 Å². The highest BCUT2D eigenvalue weighted by Crippen LogP contribution is 2.33. The number of aromatic amines is 1. The molecule has 7 nitrogen and oxygen atoms in total. The van der Waals surface area contributed by atoms with Crippen molar-refractivity contribution >= 4 is 44.6 Å². The van der Waals surface area contributed by atoms with Gasteiger partial charge in [0.1, 0.15) is 0 Å². The van der Waals surface area contributed by atoms with E-state index in [4.69, 9.17) is 4.52 Å². The topological polar surface area (TPSA) is 96.7 Å². The van der Waals surface area contributed by atoms with Crippen molar-refractivity contribution in [3.05, 3.63) is 58.7 Å². The van der Waals surface area contributed by atoms with Gasteiger partial charge < -0.3 is 14.8 Å². The first kappa shape index (κ1) is 18.7. The fraction of sp³-hybridized carbons (Fsp3) is 0.143. The second kappa shape index (κ2) is 7.85. The number of amides is 1. The predicted molar refractivity (Wildman–Crippen MR) is 119 cm³/mol. The summed E-state index contributed by atoms with van der Waals surface area (Å²) in [6.07, 6.45) is 0.622. The van der Waals surface area contributed by atoms with E-state index in [1.807, 2.05) is 48.0 Å². The Labute approximate surface area is 179 Å². The zero-order chi connectivity index (χ0) is 20.5. The van der Waals surface area contributed by atoms with E-state index in [9.17, 15) is 4.79 Å². The van der Waals surface area contributed by atoms with Crippen LogP contribution in [-0.2, 0) is 11.2 Å². The zero-order valence-electron chi connectivity index (χ0n) is 16.0. The third-order valence-electron chi connectivity index (χ3n) is 4.68. The lowest BCUT2D eigenvalue weighted by molar-refractivity contribution is -0.116. The molecule has 0 saturated heterocycles. The van der Waals surface area contributed by atoms with Crippen LogP contribution in [0.15, 0.2) is 51.7 Å². The number of hydrogen-bond donors (Lipinski definition) is 2. The van der Waals surface area contributed by atoms with E-state index in [-0.39, 0.29) is 12.3 Å². The zero-order valence-corrected chi connectivity index (χ0v) is 17.6. The van der Waals surface area contributed by atoms with Crippen molar-refractivity contribution in [2.24, 2.45) is 0 Å². The van der Waals surface area contributed by atoms with Crippen molar-refractivity contribution in [2.75, 3.05) is 5.32 Å². The van der Waals surface area contributed by atoms with Gasteiger partial charge in [0.25, 0.3) is 0 Å². The Morgan fingerprint density at radius 3 is 2.93 bits per heavy atom. The van der Waals surface area contributed by atoms with Gasteiger partial charge in [-0.3, -0.25) is 4.79 Å². The Morgan fingerprint density at radius 2 is 2.07 bits per heavy atom. The third-order valence-corrected chi connectivity index (χ3v) is 6.30. The number of H-pyrrole nitrogens is 1. The maximum atomic E-state index is 12.4. The van der Waals surface area contributed by atoms with Crippen LogP contribution in [0.4, 0.5) is 5.13 Å². The Bertz CT molecular complexity index is 1320. The molecule has 150 valence electrons. The molecule has 0 saturated carbocycles. The molecule has 0 spiro atoms. The summed E-state index contributed by atoms with van der Waals surface area (Å²) in [6, 6.07) is 12.0. The smallest absolute Gasteiger partial charge is 0.227 e. The Balaban J connectivity index is 1.24. The molecule has 0 radical (unpaired) electrons. The summed E-state index contributed by atoms with van der Waals surface area (Å²) in [5.74, 6) is 0.865. The molecular weight excluding hydrogens is 418 g/mol. The molecule has 2 N–H and O–H groups in total. The van der Waals surface area contributed by atoms with Crippen LogP contribution in [0.5, 0.6) is 0 Å². The minimum atomic E-state index is -0.137. The summed E-state index contributed by atoms with van der Waals surface area (Å²) in [5.41, 5.74) is 4.04. The number of para-hydroxylation sites is 1. The van der Waals surface area contributed by atoms with Crippen LogP contribution < -0.4 is 5.32 Å². The first-order valence-electron chi connectivity index (χ1n) is 9.37. The maximum Gasteiger partial charge on any atom is 0.227 e. The number of rotatable bonds is 6. The normalized spacial score (nSPS) is 11.2. The Hall–Kier alpha value is -3.30. The molecule has 9 heteroatoms. The van der Waals surface area contributed by atoms with Gasteiger partial charge >= 0.3 is 0 Å². The second-order valence-corrected chi connectivity index (χ2v) is 8.55. The number of fused-ring (bicyclic) bond motifs is 1. The molecule has 0 aliphatic heterocycles. The molecule has 0 bridgehead atoms. The van der Waals surface area contributed by atoms with Gasteiger partial charge in [-0.05, 0) is 24.4 Å². The number of hydrogen-bond acceptors (Lipinski definition) is 7. The number of benzene rings is 1. The van der Waals surface area contributed by atoms with E-state index >= 15 is 0 Å². The molecule has 0 atom stereocenters. The number of aryl methyl sites for hydroxylation is 2. The van der Waals surface area contributed by atoms with Gasteiger partial charge in [0.15, 0.2) is 5.13 Å². The quantitative estimate of drug-likeness (QED) is 0.378. The molecular formula is C21H17N5O2S2. The molecule has 1 aromatic carbocycles. The summed E-state index contributed by atoms with van der Waals surface area (Å²) in [7, 11) is 0. The summed E-state index contributed by atoms with van der Waals surface area (Å²) in [4.78, 5) is 25.6. The lowest BCUT2D eigenvalue weighted by Crippen LogP contribution is -2.12. The van der Waals surface area contributed by atoms with Gasteiger partial charge in [0.2, 0.25) is 17.6 Å². The van der Waals surface area contributed by atoms with E-state index in [1.165, 1.54) is 11.3 Å². The standard InChI is InChI=1S/C21H17N5O2S2/c1-12-19(13-5-2-3-6-14(13)22-12)15-11-30-21(23-15)24-17(27)8-9-18-25-20(26-28-18)16-7-4-10-29-16/h2-7,10-11,22H,8-9H2,1H3,(H,23,24,27). The maximum absolute atomic E-state index is 12.4. The summed E-state index contributed by atoms with van der Waals surface area (Å²) >= 11 is 2.96. The van der Waals surface area contributed by atoms with E-state index < -0.39 is 0 Å². The highest BCUT2D eigenvalue weighted by molar-refractivity contribution is 7.14.